The molecule has 30 heavy (non-hydrogen) atoms. The van der Waals surface area contributed by atoms with Crippen molar-refractivity contribution < 1.29 is 14.5 Å². The fourth-order valence-electron chi connectivity index (χ4n) is 3.51. The van der Waals surface area contributed by atoms with Gasteiger partial charge in [0.05, 0.1) is 34.4 Å². The Labute approximate surface area is 178 Å². The Kier molecular flexibility index (Phi) is 5.96. The van der Waals surface area contributed by atoms with Crippen LogP contribution in [0.5, 0.6) is 0 Å². The number of carbonyl (C=O) groups excluding carboxylic acids is 1. The van der Waals surface area contributed by atoms with Crippen LogP contribution in [-0.4, -0.2) is 33.0 Å². The topological polar surface area (TPSA) is 87.3 Å². The summed E-state index contributed by atoms with van der Waals surface area (Å²) in [5.74, 6) is -0.208. The molecule has 7 nitrogen and oxygen atoms in total. The van der Waals surface area contributed by atoms with Crippen LogP contribution in [0.25, 0.3) is 11.3 Å². The van der Waals surface area contributed by atoms with E-state index in [1.165, 1.54) is 24.8 Å². The first-order valence-electron chi connectivity index (χ1n) is 9.72. The Morgan fingerprint density at radius 1 is 1.30 bits per heavy atom. The van der Waals surface area contributed by atoms with Gasteiger partial charge in [0.25, 0.3) is 5.69 Å². The maximum absolute atomic E-state index is 11.6. The van der Waals surface area contributed by atoms with Gasteiger partial charge in [0, 0.05) is 18.2 Å². The lowest BCUT2D eigenvalue weighted by Gasteiger charge is -2.16. The second kappa shape index (κ2) is 8.81. The number of nitro benzene ring substituents is 1. The first-order valence-corrected chi connectivity index (χ1v) is 10.5. The Morgan fingerprint density at radius 3 is 2.77 bits per heavy atom. The van der Waals surface area contributed by atoms with Gasteiger partial charge in [0.1, 0.15) is 0 Å². The molecule has 0 spiro atoms. The lowest BCUT2D eigenvalue weighted by atomic mass is 10.1. The minimum absolute atomic E-state index is 0.0936. The maximum atomic E-state index is 11.6. The fraction of sp³-hybridized carbons (Fsp3) is 0.273. The Balaban J connectivity index is 1.73. The number of rotatable bonds is 7. The number of nitro groups is 1. The summed E-state index contributed by atoms with van der Waals surface area (Å²) in [6.07, 6.45) is 3.89. The van der Waals surface area contributed by atoms with Gasteiger partial charge >= 0.3 is 0 Å². The third-order valence-electron chi connectivity index (χ3n) is 5.06. The van der Waals surface area contributed by atoms with Crippen LogP contribution in [0.2, 0.25) is 0 Å². The predicted octanol–water partition coefficient (Wildman–Crippen LogP) is 4.99. The van der Waals surface area contributed by atoms with Gasteiger partial charge in [-0.2, -0.15) is 0 Å². The highest BCUT2D eigenvalue weighted by molar-refractivity contribution is 7.99. The van der Waals surface area contributed by atoms with Crippen LogP contribution in [-0.2, 0) is 11.3 Å². The summed E-state index contributed by atoms with van der Waals surface area (Å²) in [6.45, 7) is 2.78. The van der Waals surface area contributed by atoms with Crippen molar-refractivity contribution in [1.29, 1.82) is 0 Å². The van der Waals surface area contributed by atoms with E-state index in [2.05, 4.69) is 9.55 Å². The maximum Gasteiger partial charge on any atom is 0.284 e. The van der Waals surface area contributed by atoms with E-state index in [0.29, 0.717) is 22.2 Å². The first-order chi connectivity index (χ1) is 14.5. The van der Waals surface area contributed by atoms with E-state index in [1.807, 2.05) is 30.3 Å². The molecule has 1 aromatic heterocycles. The van der Waals surface area contributed by atoms with Gasteiger partial charge in [0.15, 0.2) is 10.9 Å². The van der Waals surface area contributed by atoms with E-state index in [4.69, 9.17) is 4.74 Å². The van der Waals surface area contributed by atoms with E-state index >= 15 is 0 Å². The number of ketones is 1. The van der Waals surface area contributed by atoms with Crippen LogP contribution in [0.1, 0.15) is 30.1 Å². The molecule has 2 aromatic carbocycles. The molecule has 0 amide bonds. The molecular formula is C22H21N3O4S. The van der Waals surface area contributed by atoms with Crippen LogP contribution in [0.15, 0.2) is 64.8 Å². The number of ether oxygens (including phenoxy) is 1. The molecule has 1 saturated heterocycles. The van der Waals surface area contributed by atoms with Gasteiger partial charge in [-0.25, -0.2) is 4.98 Å². The molecule has 1 aliphatic rings. The lowest BCUT2D eigenvalue weighted by Crippen LogP contribution is -2.16. The van der Waals surface area contributed by atoms with Crippen molar-refractivity contribution in [3.63, 3.8) is 0 Å². The molecule has 8 heteroatoms. The third kappa shape index (κ3) is 4.29. The van der Waals surface area contributed by atoms with Crippen molar-refractivity contribution in [2.45, 2.75) is 42.5 Å². The third-order valence-corrected chi connectivity index (χ3v) is 6.14. The van der Waals surface area contributed by atoms with E-state index in [0.717, 1.165) is 30.7 Å². The Hall–Kier alpha value is -2.97. The van der Waals surface area contributed by atoms with Crippen molar-refractivity contribution in [2.75, 3.05) is 6.61 Å². The largest absolute Gasteiger partial charge is 0.376 e. The zero-order valence-electron chi connectivity index (χ0n) is 16.5. The number of nitrogens with zero attached hydrogens (tertiary/aromatic N) is 3. The molecule has 0 radical (unpaired) electrons. The Bertz CT molecular complexity index is 1080. The van der Waals surface area contributed by atoms with E-state index < -0.39 is 4.92 Å². The van der Waals surface area contributed by atoms with Crippen molar-refractivity contribution in [3.8, 4) is 11.3 Å². The smallest absolute Gasteiger partial charge is 0.284 e. The van der Waals surface area contributed by atoms with Crippen LogP contribution in [0.3, 0.4) is 0 Å². The molecule has 1 fully saturated rings. The number of benzene rings is 2. The highest BCUT2D eigenvalue weighted by Gasteiger charge is 2.23. The zero-order chi connectivity index (χ0) is 21.1. The molecule has 4 rings (SSSR count). The minimum atomic E-state index is -0.458. The molecule has 1 unspecified atom stereocenters. The van der Waals surface area contributed by atoms with Crippen molar-refractivity contribution in [3.05, 3.63) is 70.4 Å². The molecule has 1 atom stereocenters. The minimum Gasteiger partial charge on any atom is -0.376 e. The quantitative estimate of drug-likeness (QED) is 0.302. The van der Waals surface area contributed by atoms with Crippen LogP contribution in [0.4, 0.5) is 5.69 Å². The zero-order valence-corrected chi connectivity index (χ0v) is 17.3. The normalized spacial score (nSPS) is 16.0. The van der Waals surface area contributed by atoms with E-state index in [-0.39, 0.29) is 17.6 Å². The van der Waals surface area contributed by atoms with E-state index in [9.17, 15) is 14.9 Å². The summed E-state index contributed by atoms with van der Waals surface area (Å²) in [6, 6.07) is 14.5. The average Bonchev–Trinajstić information content (AvgIpc) is 3.39. The summed E-state index contributed by atoms with van der Waals surface area (Å²) in [5, 5.41) is 12.3. The summed E-state index contributed by atoms with van der Waals surface area (Å²) in [4.78, 5) is 27.8. The molecular weight excluding hydrogens is 402 g/mol. The summed E-state index contributed by atoms with van der Waals surface area (Å²) >= 11 is 1.23. The molecule has 0 N–H and O–H groups in total. The van der Waals surface area contributed by atoms with Crippen molar-refractivity contribution in [2.24, 2.45) is 0 Å². The molecule has 0 aliphatic carbocycles. The van der Waals surface area contributed by atoms with Gasteiger partial charge < -0.3 is 9.30 Å². The van der Waals surface area contributed by atoms with Gasteiger partial charge in [-0.15, -0.1) is 0 Å². The molecule has 0 bridgehead atoms. The molecule has 1 aliphatic heterocycles. The van der Waals surface area contributed by atoms with E-state index in [1.54, 1.807) is 18.3 Å². The summed E-state index contributed by atoms with van der Waals surface area (Å²) < 4.78 is 7.89. The summed E-state index contributed by atoms with van der Waals surface area (Å²) in [7, 11) is 0. The highest BCUT2D eigenvalue weighted by atomic mass is 32.2. The standard InChI is InChI=1S/C22H21N3O4S/c1-15(26)17-9-10-21(19(12-17)25(27)28)30-22-23-13-20(16-6-3-2-4-7-16)24(22)14-18-8-5-11-29-18/h2-4,6-7,9-10,12-13,18H,5,8,11,14H2,1H3. The average molecular weight is 423 g/mol. The highest BCUT2D eigenvalue weighted by Crippen LogP contribution is 2.37. The van der Waals surface area contributed by atoms with Gasteiger partial charge in [-0.1, -0.05) is 30.3 Å². The number of hydrogen-bond donors (Lipinski definition) is 0. The molecule has 2 heterocycles. The SMILES string of the molecule is CC(=O)c1ccc(Sc2ncc(-c3ccccc3)n2CC2CCCO2)c([N+](=O)[O-])c1. The molecule has 3 aromatic rings. The second-order valence-electron chi connectivity index (χ2n) is 7.14. The molecule has 154 valence electrons. The number of imidazole rings is 1. The second-order valence-corrected chi connectivity index (χ2v) is 8.14. The fourth-order valence-corrected chi connectivity index (χ4v) is 4.47. The van der Waals surface area contributed by atoms with Crippen LogP contribution >= 0.6 is 11.8 Å². The van der Waals surface area contributed by atoms with Gasteiger partial charge in [-0.3, -0.25) is 14.9 Å². The lowest BCUT2D eigenvalue weighted by molar-refractivity contribution is -0.387. The predicted molar refractivity (Wildman–Crippen MR) is 114 cm³/mol. The monoisotopic (exact) mass is 423 g/mol. The van der Waals surface area contributed by atoms with Crippen molar-refractivity contribution >= 4 is 23.2 Å². The number of aromatic nitrogens is 2. The van der Waals surface area contributed by atoms with Crippen LogP contribution in [0, 0.1) is 10.1 Å². The number of carbonyl (C=O) groups is 1. The first kappa shape index (κ1) is 20.3. The Morgan fingerprint density at radius 2 is 2.10 bits per heavy atom. The van der Waals surface area contributed by atoms with Gasteiger partial charge in [-0.05, 0) is 49.2 Å². The van der Waals surface area contributed by atoms with Gasteiger partial charge in [0.2, 0.25) is 0 Å². The summed E-state index contributed by atoms with van der Waals surface area (Å²) in [5.41, 5.74) is 2.19. The number of hydrogen-bond acceptors (Lipinski definition) is 6. The molecule has 0 saturated carbocycles. The van der Waals surface area contributed by atoms with Crippen LogP contribution < -0.4 is 0 Å². The number of Topliss-reactive ketones (excluding diaryl/α,β-unsaturated/α-hetero) is 1. The van der Waals surface area contributed by atoms with Crippen molar-refractivity contribution in [1.82, 2.24) is 9.55 Å².